The van der Waals surface area contributed by atoms with Crippen LogP contribution < -0.4 is 0 Å². The Kier molecular flexibility index (Phi) is 3.55. The molecule has 4 nitrogen and oxygen atoms in total. The summed E-state index contributed by atoms with van der Waals surface area (Å²) in [6.07, 6.45) is 0.426. The van der Waals surface area contributed by atoms with Gasteiger partial charge in [0.1, 0.15) is 0 Å². The third kappa shape index (κ3) is 3.31. The number of rotatable bonds is 3. The normalized spacial score (nSPS) is 18.9. The maximum atomic E-state index is 11.3. The molecule has 1 aliphatic rings. The van der Waals surface area contributed by atoms with Crippen LogP contribution in [0.2, 0.25) is 0 Å². The number of imide groups is 1. The van der Waals surface area contributed by atoms with Gasteiger partial charge in [-0.3, -0.25) is 14.5 Å². The number of hydrogen-bond donors (Lipinski definition) is 1. The van der Waals surface area contributed by atoms with Gasteiger partial charge in [0.05, 0.1) is 17.1 Å². The first kappa shape index (κ1) is 11.5. The minimum atomic E-state index is -0.828. The largest absolute Gasteiger partial charge is 0.390 e. The lowest BCUT2D eigenvalue weighted by molar-refractivity contribution is -0.142. The van der Waals surface area contributed by atoms with Crippen LogP contribution in [0, 0.1) is 0 Å². The molecule has 0 aromatic heterocycles. The smallest absolute Gasteiger partial charge is 0.239 e. The van der Waals surface area contributed by atoms with E-state index in [0.29, 0.717) is 24.5 Å². The van der Waals surface area contributed by atoms with Crippen molar-refractivity contribution in [3.8, 4) is 0 Å². The average molecular weight is 217 g/mol. The molecule has 0 unspecified atom stereocenters. The standard InChI is InChI=1S/C9H15NO3S/c1-9(2,13)3-4-10-7(11)5-14-6-8(10)12/h13H,3-6H2,1-2H3. The van der Waals surface area contributed by atoms with Gasteiger partial charge in [0, 0.05) is 6.54 Å². The van der Waals surface area contributed by atoms with E-state index in [0.717, 1.165) is 0 Å². The first-order valence-electron chi connectivity index (χ1n) is 4.53. The van der Waals surface area contributed by atoms with E-state index in [1.807, 2.05) is 0 Å². The molecule has 0 atom stereocenters. The van der Waals surface area contributed by atoms with Gasteiger partial charge in [-0.05, 0) is 20.3 Å². The van der Waals surface area contributed by atoms with Crippen LogP contribution in [0.3, 0.4) is 0 Å². The Morgan fingerprint density at radius 3 is 2.29 bits per heavy atom. The SMILES string of the molecule is CC(C)(O)CCN1C(=O)CSCC1=O. The first-order valence-corrected chi connectivity index (χ1v) is 5.69. The summed E-state index contributed by atoms with van der Waals surface area (Å²) < 4.78 is 0. The molecule has 0 aliphatic carbocycles. The molecule has 1 heterocycles. The zero-order chi connectivity index (χ0) is 10.8. The third-order valence-corrected chi connectivity index (χ3v) is 2.90. The molecule has 1 aliphatic heterocycles. The molecule has 2 amide bonds. The van der Waals surface area contributed by atoms with Gasteiger partial charge in [-0.15, -0.1) is 11.8 Å². The van der Waals surface area contributed by atoms with Crippen molar-refractivity contribution in [3.63, 3.8) is 0 Å². The Hall–Kier alpha value is -0.550. The molecule has 1 N–H and O–H groups in total. The summed E-state index contributed by atoms with van der Waals surface area (Å²) in [6, 6.07) is 0. The number of nitrogens with zero attached hydrogens (tertiary/aromatic N) is 1. The van der Waals surface area contributed by atoms with Crippen LogP contribution in [-0.4, -0.2) is 45.5 Å². The Morgan fingerprint density at radius 1 is 1.36 bits per heavy atom. The number of amides is 2. The summed E-state index contributed by atoms with van der Waals surface area (Å²) >= 11 is 1.34. The number of carbonyl (C=O) groups is 2. The van der Waals surface area contributed by atoms with Crippen molar-refractivity contribution in [2.45, 2.75) is 25.9 Å². The van der Waals surface area contributed by atoms with Crippen molar-refractivity contribution < 1.29 is 14.7 Å². The van der Waals surface area contributed by atoms with E-state index in [1.165, 1.54) is 16.7 Å². The van der Waals surface area contributed by atoms with Crippen LogP contribution in [0.15, 0.2) is 0 Å². The molecule has 0 saturated carbocycles. The molecule has 5 heteroatoms. The average Bonchev–Trinajstić information content (AvgIpc) is 2.01. The number of hydrogen-bond acceptors (Lipinski definition) is 4. The van der Waals surface area contributed by atoms with Gasteiger partial charge in [-0.2, -0.15) is 0 Å². The number of aliphatic hydroxyl groups is 1. The van der Waals surface area contributed by atoms with Gasteiger partial charge in [-0.1, -0.05) is 0 Å². The van der Waals surface area contributed by atoms with Gasteiger partial charge in [0.15, 0.2) is 0 Å². The Morgan fingerprint density at radius 2 is 1.86 bits per heavy atom. The topological polar surface area (TPSA) is 57.6 Å². The quantitative estimate of drug-likeness (QED) is 0.688. The number of carbonyl (C=O) groups excluding carboxylic acids is 2. The summed E-state index contributed by atoms with van der Waals surface area (Å²) in [5.74, 6) is 0.459. The summed E-state index contributed by atoms with van der Waals surface area (Å²) in [4.78, 5) is 23.9. The van der Waals surface area contributed by atoms with Crippen LogP contribution in [0.4, 0.5) is 0 Å². The molecule has 0 bridgehead atoms. The maximum Gasteiger partial charge on any atom is 0.239 e. The zero-order valence-corrected chi connectivity index (χ0v) is 9.26. The second-order valence-electron chi connectivity index (χ2n) is 3.99. The van der Waals surface area contributed by atoms with E-state index in [2.05, 4.69) is 0 Å². The molecule has 1 fully saturated rings. The van der Waals surface area contributed by atoms with Crippen LogP contribution in [0.25, 0.3) is 0 Å². The molecular formula is C9H15NO3S. The molecule has 0 aromatic carbocycles. The molecule has 0 spiro atoms. The predicted octanol–water partition coefficient (Wildman–Crippen LogP) is 0.249. The van der Waals surface area contributed by atoms with Gasteiger partial charge in [0.25, 0.3) is 0 Å². The molecule has 80 valence electrons. The van der Waals surface area contributed by atoms with Gasteiger partial charge >= 0.3 is 0 Å². The highest BCUT2D eigenvalue weighted by atomic mass is 32.2. The highest BCUT2D eigenvalue weighted by molar-refractivity contribution is 8.00. The maximum absolute atomic E-state index is 11.3. The van der Waals surface area contributed by atoms with E-state index in [-0.39, 0.29) is 11.8 Å². The second kappa shape index (κ2) is 4.31. The fraction of sp³-hybridized carbons (Fsp3) is 0.778. The molecule has 1 saturated heterocycles. The van der Waals surface area contributed by atoms with Gasteiger partial charge < -0.3 is 5.11 Å². The van der Waals surface area contributed by atoms with Gasteiger partial charge in [0.2, 0.25) is 11.8 Å². The van der Waals surface area contributed by atoms with Crippen LogP contribution in [-0.2, 0) is 9.59 Å². The molecule has 14 heavy (non-hydrogen) atoms. The summed E-state index contributed by atoms with van der Waals surface area (Å²) in [5, 5.41) is 9.47. The van der Waals surface area contributed by atoms with E-state index < -0.39 is 5.60 Å². The zero-order valence-electron chi connectivity index (χ0n) is 8.45. The van der Waals surface area contributed by atoms with E-state index >= 15 is 0 Å². The van der Waals surface area contributed by atoms with Crippen molar-refractivity contribution in [2.24, 2.45) is 0 Å². The van der Waals surface area contributed by atoms with E-state index in [9.17, 15) is 14.7 Å². The van der Waals surface area contributed by atoms with Crippen LogP contribution in [0.5, 0.6) is 0 Å². The predicted molar refractivity (Wildman–Crippen MR) is 55.0 cm³/mol. The Bertz CT molecular complexity index is 231. The first-order chi connectivity index (χ1) is 6.40. The second-order valence-corrected chi connectivity index (χ2v) is 4.98. The van der Waals surface area contributed by atoms with E-state index in [4.69, 9.17) is 0 Å². The van der Waals surface area contributed by atoms with Crippen LogP contribution >= 0.6 is 11.8 Å². The Labute approximate surface area is 87.7 Å². The summed E-state index contributed by atoms with van der Waals surface area (Å²) in [6.45, 7) is 3.66. The highest BCUT2D eigenvalue weighted by Gasteiger charge is 2.27. The summed E-state index contributed by atoms with van der Waals surface area (Å²) in [7, 11) is 0. The molecule has 1 rings (SSSR count). The minimum absolute atomic E-state index is 0.143. The number of thioether (sulfide) groups is 1. The monoisotopic (exact) mass is 217 g/mol. The minimum Gasteiger partial charge on any atom is -0.390 e. The lowest BCUT2D eigenvalue weighted by Gasteiger charge is -2.27. The van der Waals surface area contributed by atoms with Crippen molar-refractivity contribution in [1.29, 1.82) is 0 Å². The lowest BCUT2D eigenvalue weighted by Crippen LogP contribution is -2.45. The Balaban J connectivity index is 2.49. The summed E-state index contributed by atoms with van der Waals surface area (Å²) in [5.41, 5.74) is -0.828. The van der Waals surface area contributed by atoms with Crippen molar-refractivity contribution in [1.82, 2.24) is 4.90 Å². The molecule has 0 aromatic rings. The van der Waals surface area contributed by atoms with E-state index in [1.54, 1.807) is 13.8 Å². The molecule has 0 radical (unpaired) electrons. The van der Waals surface area contributed by atoms with Crippen molar-refractivity contribution in [3.05, 3.63) is 0 Å². The van der Waals surface area contributed by atoms with Crippen molar-refractivity contribution >= 4 is 23.6 Å². The highest BCUT2D eigenvalue weighted by Crippen LogP contribution is 2.15. The van der Waals surface area contributed by atoms with Crippen LogP contribution in [0.1, 0.15) is 20.3 Å². The fourth-order valence-electron chi connectivity index (χ4n) is 1.16. The van der Waals surface area contributed by atoms with Gasteiger partial charge in [-0.25, -0.2) is 0 Å². The fourth-order valence-corrected chi connectivity index (χ4v) is 1.92. The van der Waals surface area contributed by atoms with Crippen molar-refractivity contribution in [2.75, 3.05) is 18.1 Å². The molecular weight excluding hydrogens is 202 g/mol. The lowest BCUT2D eigenvalue weighted by atomic mass is 10.1. The third-order valence-electron chi connectivity index (χ3n) is 2.00.